The number of ether oxygens (including phenoxy) is 3. The number of methoxy groups -OCH3 is 1. The van der Waals surface area contributed by atoms with E-state index in [1.54, 1.807) is 11.5 Å². The molecule has 9 nitrogen and oxygen atoms in total. The normalized spacial score (nSPS) is 36.9. The molecule has 7 unspecified atom stereocenters. The number of carbonyl (C=O) groups is 4. The van der Waals surface area contributed by atoms with E-state index in [-0.39, 0.29) is 23.9 Å². The first kappa shape index (κ1) is 24.3. The van der Waals surface area contributed by atoms with Crippen molar-refractivity contribution >= 4 is 35.5 Å². The van der Waals surface area contributed by atoms with Gasteiger partial charge in [-0.2, -0.15) is 5.26 Å². The van der Waals surface area contributed by atoms with Crippen LogP contribution in [-0.2, 0) is 33.4 Å². The number of esters is 3. The lowest BCUT2D eigenvalue weighted by molar-refractivity contribution is -0.210. The number of carbonyl (C=O) groups excluding carboxylic acids is 4. The number of nitriles is 1. The van der Waals surface area contributed by atoms with Crippen molar-refractivity contribution in [1.29, 1.82) is 5.26 Å². The fourth-order valence-electron chi connectivity index (χ4n) is 6.55. The summed E-state index contributed by atoms with van der Waals surface area (Å²) < 4.78 is 21.5. The van der Waals surface area contributed by atoms with E-state index >= 15 is 0 Å². The largest absolute Gasteiger partial charge is 0.472 e. The number of cyclic esters (lactones) is 1. The summed E-state index contributed by atoms with van der Waals surface area (Å²) in [5, 5.41) is 10.5. The van der Waals surface area contributed by atoms with Gasteiger partial charge in [-0.1, -0.05) is 13.8 Å². The Balaban J connectivity index is 1.74. The third-order valence-electron chi connectivity index (χ3n) is 8.03. The van der Waals surface area contributed by atoms with Crippen LogP contribution in [0, 0.1) is 39.2 Å². The van der Waals surface area contributed by atoms with Crippen molar-refractivity contribution in [2.75, 3.05) is 12.9 Å². The Bertz CT molecular complexity index is 1030. The maximum atomic E-state index is 13.9. The van der Waals surface area contributed by atoms with Crippen LogP contribution in [0.4, 0.5) is 0 Å². The number of thiocyanates is 1. The summed E-state index contributed by atoms with van der Waals surface area (Å²) in [4.78, 5) is 52.2. The number of rotatable bonds is 5. The summed E-state index contributed by atoms with van der Waals surface area (Å²) >= 11 is 0.714. The fraction of sp³-hybridized carbons (Fsp3) is 0.625. The summed E-state index contributed by atoms with van der Waals surface area (Å²) in [5.74, 6) is -4.03. The average molecular weight is 490 g/mol. The molecule has 7 atom stereocenters. The van der Waals surface area contributed by atoms with Crippen LogP contribution in [0.1, 0.15) is 51.2 Å². The molecule has 1 saturated heterocycles. The van der Waals surface area contributed by atoms with Crippen LogP contribution < -0.4 is 0 Å². The van der Waals surface area contributed by atoms with Crippen molar-refractivity contribution in [2.45, 2.75) is 51.7 Å². The number of ketones is 1. The molecule has 0 bridgehead atoms. The first-order valence-corrected chi connectivity index (χ1v) is 12.2. The quantitative estimate of drug-likeness (QED) is 0.345. The molecule has 3 fully saturated rings. The molecule has 182 valence electrons. The molecule has 10 heteroatoms. The van der Waals surface area contributed by atoms with E-state index in [2.05, 4.69) is 0 Å². The van der Waals surface area contributed by atoms with Crippen LogP contribution in [0.25, 0.3) is 0 Å². The summed E-state index contributed by atoms with van der Waals surface area (Å²) in [6, 6.07) is 1.72. The van der Waals surface area contributed by atoms with Crippen LogP contribution in [-0.4, -0.2) is 42.7 Å². The average Bonchev–Trinajstić information content (AvgIpc) is 3.33. The Labute approximate surface area is 201 Å². The van der Waals surface area contributed by atoms with Gasteiger partial charge in [-0.15, -0.1) is 0 Å². The minimum Gasteiger partial charge on any atom is -0.472 e. The topological polar surface area (TPSA) is 133 Å². The highest BCUT2D eigenvalue weighted by Crippen LogP contribution is 2.65. The molecular weight excluding hydrogens is 462 g/mol. The standard InChI is InChI=1S/C24H27NO8S/c1-23-6-4-14-22(29)33-17(13-5-7-31-10-13)9-24(14,2)20(23)19(27)16(8-15(23)21(28)30-3)32-18(26)11-34-12-25/h5,7,10,14-17,20H,4,6,8-9,11H2,1-3H3. The van der Waals surface area contributed by atoms with E-state index in [9.17, 15) is 19.2 Å². The van der Waals surface area contributed by atoms with E-state index in [4.69, 9.17) is 23.9 Å². The minimum absolute atomic E-state index is 0.0117. The highest BCUT2D eigenvalue weighted by atomic mass is 32.2. The maximum absolute atomic E-state index is 13.9. The zero-order valence-electron chi connectivity index (χ0n) is 19.3. The van der Waals surface area contributed by atoms with Gasteiger partial charge < -0.3 is 18.6 Å². The second-order valence-electron chi connectivity index (χ2n) is 9.79. The first-order chi connectivity index (χ1) is 16.2. The lowest BCUT2D eigenvalue weighted by Gasteiger charge is -2.61. The van der Waals surface area contributed by atoms with Gasteiger partial charge in [-0.05, 0) is 47.9 Å². The molecule has 0 aromatic carbocycles. The molecule has 34 heavy (non-hydrogen) atoms. The van der Waals surface area contributed by atoms with Crippen molar-refractivity contribution < 1.29 is 37.8 Å². The SMILES string of the molecule is COC(=O)C1CC(OC(=O)CSC#N)C(=O)C2C1(C)CCC1C(=O)OC(c3ccoc3)CC12C. The smallest absolute Gasteiger partial charge is 0.317 e. The molecule has 2 saturated carbocycles. The van der Waals surface area contributed by atoms with Crippen LogP contribution in [0.5, 0.6) is 0 Å². The second kappa shape index (κ2) is 9.10. The Kier molecular flexibility index (Phi) is 6.51. The van der Waals surface area contributed by atoms with Crippen molar-refractivity contribution in [3.8, 4) is 5.40 Å². The number of fused-ring (bicyclic) bond motifs is 3. The third kappa shape index (κ3) is 3.90. The van der Waals surface area contributed by atoms with Crippen molar-refractivity contribution in [3.63, 3.8) is 0 Å². The molecular formula is C24H27NO8S. The number of Topliss-reactive ketones (excluding diaryl/α,β-unsaturated/α-hetero) is 1. The summed E-state index contributed by atoms with van der Waals surface area (Å²) in [5.41, 5.74) is -0.914. The minimum atomic E-state index is -1.16. The van der Waals surface area contributed by atoms with E-state index in [0.29, 0.717) is 36.6 Å². The molecule has 2 aliphatic carbocycles. The predicted octanol–water partition coefficient (Wildman–Crippen LogP) is 3.19. The molecule has 2 heterocycles. The van der Waals surface area contributed by atoms with Crippen LogP contribution in [0.15, 0.2) is 23.0 Å². The molecule has 0 amide bonds. The highest BCUT2D eigenvalue weighted by molar-refractivity contribution is 8.04. The third-order valence-corrected chi connectivity index (χ3v) is 8.54. The number of thioether (sulfide) groups is 1. The van der Waals surface area contributed by atoms with Crippen molar-refractivity contribution in [2.24, 2.45) is 28.6 Å². The molecule has 1 aliphatic heterocycles. The molecule has 0 N–H and O–H groups in total. The van der Waals surface area contributed by atoms with Gasteiger partial charge in [0.15, 0.2) is 11.9 Å². The number of hydrogen-bond donors (Lipinski definition) is 0. The number of hydrogen-bond acceptors (Lipinski definition) is 10. The molecule has 0 spiro atoms. The lowest BCUT2D eigenvalue weighted by atomic mass is 9.43. The predicted molar refractivity (Wildman–Crippen MR) is 118 cm³/mol. The fourth-order valence-corrected chi connectivity index (χ4v) is 6.80. The van der Waals surface area contributed by atoms with Gasteiger partial charge >= 0.3 is 17.9 Å². The zero-order valence-corrected chi connectivity index (χ0v) is 20.1. The van der Waals surface area contributed by atoms with Crippen LogP contribution >= 0.6 is 11.8 Å². The van der Waals surface area contributed by atoms with Crippen LogP contribution in [0.3, 0.4) is 0 Å². The van der Waals surface area contributed by atoms with Gasteiger partial charge in [0.25, 0.3) is 0 Å². The summed E-state index contributed by atoms with van der Waals surface area (Å²) in [7, 11) is 1.29. The lowest BCUT2D eigenvalue weighted by Crippen LogP contribution is -2.64. The second-order valence-corrected chi connectivity index (χ2v) is 10.6. The Morgan fingerprint density at radius 2 is 2.06 bits per heavy atom. The molecule has 3 aliphatic rings. The zero-order chi connectivity index (χ0) is 24.7. The highest BCUT2D eigenvalue weighted by Gasteiger charge is 2.67. The van der Waals surface area contributed by atoms with Gasteiger partial charge in [-0.3, -0.25) is 19.2 Å². The molecule has 0 radical (unpaired) electrons. The van der Waals surface area contributed by atoms with E-state index in [1.165, 1.54) is 19.6 Å². The van der Waals surface area contributed by atoms with Gasteiger partial charge in [0.2, 0.25) is 0 Å². The molecule has 1 aromatic rings. The van der Waals surface area contributed by atoms with Gasteiger partial charge in [-0.25, -0.2) is 0 Å². The Morgan fingerprint density at radius 1 is 1.29 bits per heavy atom. The van der Waals surface area contributed by atoms with Crippen LogP contribution in [0.2, 0.25) is 0 Å². The van der Waals surface area contributed by atoms with Crippen molar-refractivity contribution in [1.82, 2.24) is 0 Å². The van der Waals surface area contributed by atoms with Gasteiger partial charge in [0, 0.05) is 17.9 Å². The monoisotopic (exact) mass is 489 g/mol. The first-order valence-electron chi connectivity index (χ1n) is 11.2. The number of nitrogens with zero attached hydrogens (tertiary/aromatic N) is 1. The summed E-state index contributed by atoms with van der Waals surface area (Å²) in [6.07, 6.45) is 2.58. The van der Waals surface area contributed by atoms with Crippen molar-refractivity contribution in [3.05, 3.63) is 24.2 Å². The Morgan fingerprint density at radius 3 is 2.71 bits per heavy atom. The van der Waals surface area contributed by atoms with E-state index in [1.807, 2.05) is 13.8 Å². The van der Waals surface area contributed by atoms with Gasteiger partial charge in [0.1, 0.15) is 17.3 Å². The maximum Gasteiger partial charge on any atom is 0.317 e. The van der Waals surface area contributed by atoms with Gasteiger partial charge in [0.05, 0.1) is 31.5 Å². The Hall–Kier alpha value is -2.80. The summed E-state index contributed by atoms with van der Waals surface area (Å²) in [6.45, 7) is 3.80. The number of furan rings is 1. The molecule has 1 aromatic heterocycles. The van der Waals surface area contributed by atoms with E-state index < -0.39 is 52.7 Å². The van der Waals surface area contributed by atoms with E-state index in [0.717, 1.165) is 0 Å². The molecule has 4 rings (SSSR count).